The number of hydrogen-bond acceptors (Lipinski definition) is 3. The summed E-state index contributed by atoms with van der Waals surface area (Å²) in [4.78, 5) is 14.8. The van der Waals surface area contributed by atoms with Crippen molar-refractivity contribution in [3.63, 3.8) is 0 Å². The number of halogens is 1. The van der Waals surface area contributed by atoms with Crippen LogP contribution >= 0.6 is 11.6 Å². The van der Waals surface area contributed by atoms with Gasteiger partial charge in [0.25, 0.3) is 5.91 Å². The van der Waals surface area contributed by atoms with Gasteiger partial charge in [0.05, 0.1) is 29.8 Å². The van der Waals surface area contributed by atoms with Gasteiger partial charge in [-0.05, 0) is 17.7 Å². The second-order valence-electron chi connectivity index (χ2n) is 5.76. The third-order valence-electron chi connectivity index (χ3n) is 4.25. The van der Waals surface area contributed by atoms with Gasteiger partial charge in [-0.1, -0.05) is 54.1 Å². The number of hydrogen-bond donors (Lipinski definition) is 1. The summed E-state index contributed by atoms with van der Waals surface area (Å²) < 4.78 is 5.45. The largest absolute Gasteiger partial charge is 0.379 e. The molecule has 1 heterocycles. The maximum atomic E-state index is 12.4. The second kappa shape index (κ2) is 8.29. The van der Waals surface area contributed by atoms with E-state index in [1.165, 1.54) is 5.56 Å². The van der Waals surface area contributed by atoms with Gasteiger partial charge >= 0.3 is 0 Å². The average Bonchev–Trinajstić information content (AvgIpc) is 2.64. The smallest absolute Gasteiger partial charge is 0.252 e. The van der Waals surface area contributed by atoms with Gasteiger partial charge in [-0.15, -0.1) is 0 Å². The van der Waals surface area contributed by atoms with Crippen LogP contribution in [-0.2, 0) is 4.74 Å². The van der Waals surface area contributed by atoms with Crippen LogP contribution in [-0.4, -0.2) is 43.7 Å². The molecular formula is C19H21ClN2O2. The van der Waals surface area contributed by atoms with E-state index in [0.717, 1.165) is 26.3 Å². The molecule has 3 rings (SSSR count). The van der Waals surface area contributed by atoms with Crippen molar-refractivity contribution in [3.05, 3.63) is 70.7 Å². The van der Waals surface area contributed by atoms with Crippen LogP contribution < -0.4 is 5.32 Å². The van der Waals surface area contributed by atoms with E-state index in [1.807, 2.05) is 30.3 Å². The Morgan fingerprint density at radius 3 is 2.46 bits per heavy atom. The van der Waals surface area contributed by atoms with Crippen LogP contribution in [0.15, 0.2) is 54.6 Å². The van der Waals surface area contributed by atoms with Gasteiger partial charge in [-0.25, -0.2) is 0 Å². The molecule has 24 heavy (non-hydrogen) atoms. The maximum absolute atomic E-state index is 12.4. The predicted octanol–water partition coefficient (Wildman–Crippen LogP) is 3.14. The Labute approximate surface area is 147 Å². The van der Waals surface area contributed by atoms with E-state index in [4.69, 9.17) is 16.3 Å². The number of nitrogens with one attached hydrogen (secondary N) is 1. The lowest BCUT2D eigenvalue weighted by Gasteiger charge is -2.35. The van der Waals surface area contributed by atoms with E-state index >= 15 is 0 Å². The molecule has 1 N–H and O–H groups in total. The number of carbonyl (C=O) groups is 1. The van der Waals surface area contributed by atoms with E-state index in [2.05, 4.69) is 22.3 Å². The molecule has 1 atom stereocenters. The molecule has 126 valence electrons. The molecule has 0 bridgehead atoms. The van der Waals surface area contributed by atoms with E-state index in [0.29, 0.717) is 17.1 Å². The molecule has 1 aliphatic heterocycles. The Kier molecular flexibility index (Phi) is 5.86. The molecule has 4 nitrogen and oxygen atoms in total. The van der Waals surface area contributed by atoms with Gasteiger partial charge in [0.2, 0.25) is 0 Å². The predicted molar refractivity (Wildman–Crippen MR) is 95.4 cm³/mol. The summed E-state index contributed by atoms with van der Waals surface area (Å²) >= 11 is 6.11. The molecule has 2 aromatic carbocycles. The van der Waals surface area contributed by atoms with E-state index in [9.17, 15) is 4.79 Å². The summed E-state index contributed by atoms with van der Waals surface area (Å²) in [5.74, 6) is -0.144. The third kappa shape index (κ3) is 4.15. The number of rotatable bonds is 5. The summed E-state index contributed by atoms with van der Waals surface area (Å²) in [5.41, 5.74) is 1.70. The molecule has 1 amide bonds. The molecule has 0 saturated carbocycles. The number of carbonyl (C=O) groups excluding carboxylic acids is 1. The fourth-order valence-corrected chi connectivity index (χ4v) is 3.17. The Morgan fingerprint density at radius 1 is 1.08 bits per heavy atom. The van der Waals surface area contributed by atoms with Gasteiger partial charge < -0.3 is 10.1 Å². The van der Waals surface area contributed by atoms with Crippen LogP contribution in [0, 0.1) is 0 Å². The molecule has 1 unspecified atom stereocenters. The van der Waals surface area contributed by atoms with Gasteiger partial charge in [0.15, 0.2) is 0 Å². The zero-order valence-corrected chi connectivity index (χ0v) is 14.2. The van der Waals surface area contributed by atoms with Crippen LogP contribution in [0.1, 0.15) is 22.0 Å². The first-order valence-electron chi connectivity index (χ1n) is 8.15. The molecule has 1 saturated heterocycles. The van der Waals surface area contributed by atoms with Gasteiger partial charge in [0, 0.05) is 19.6 Å². The van der Waals surface area contributed by atoms with Crippen molar-refractivity contribution >= 4 is 17.5 Å². The number of amides is 1. The molecule has 2 aromatic rings. The minimum Gasteiger partial charge on any atom is -0.379 e. The highest BCUT2D eigenvalue weighted by atomic mass is 35.5. The SMILES string of the molecule is O=C(NCC(c1ccccc1)N1CCOCC1)c1ccccc1Cl. The van der Waals surface area contributed by atoms with Crippen molar-refractivity contribution in [3.8, 4) is 0 Å². The molecule has 1 fully saturated rings. The van der Waals surface area contributed by atoms with Crippen LogP contribution in [0.3, 0.4) is 0 Å². The molecular weight excluding hydrogens is 324 g/mol. The summed E-state index contributed by atoms with van der Waals surface area (Å²) in [6.45, 7) is 3.71. The molecule has 0 aromatic heterocycles. The first-order chi connectivity index (χ1) is 11.8. The summed E-state index contributed by atoms with van der Waals surface area (Å²) in [5, 5.41) is 3.50. The molecule has 1 aliphatic rings. The Balaban J connectivity index is 1.72. The lowest BCUT2D eigenvalue weighted by atomic mass is 10.0. The van der Waals surface area contributed by atoms with Gasteiger partial charge in [-0.2, -0.15) is 0 Å². The molecule has 0 spiro atoms. The number of nitrogens with zero attached hydrogens (tertiary/aromatic N) is 1. The lowest BCUT2D eigenvalue weighted by Crippen LogP contribution is -2.43. The highest BCUT2D eigenvalue weighted by molar-refractivity contribution is 6.33. The number of ether oxygens (including phenoxy) is 1. The van der Waals surface area contributed by atoms with Crippen LogP contribution in [0.5, 0.6) is 0 Å². The molecule has 0 radical (unpaired) electrons. The van der Waals surface area contributed by atoms with Gasteiger partial charge in [-0.3, -0.25) is 9.69 Å². The van der Waals surface area contributed by atoms with Crippen molar-refractivity contribution in [2.24, 2.45) is 0 Å². The minimum absolute atomic E-state index is 0.126. The normalized spacial score (nSPS) is 16.5. The van der Waals surface area contributed by atoms with E-state index in [1.54, 1.807) is 12.1 Å². The minimum atomic E-state index is -0.144. The topological polar surface area (TPSA) is 41.6 Å². The van der Waals surface area contributed by atoms with Crippen molar-refractivity contribution < 1.29 is 9.53 Å². The average molecular weight is 345 g/mol. The Hall–Kier alpha value is -1.88. The summed E-state index contributed by atoms with van der Waals surface area (Å²) in [7, 11) is 0. The van der Waals surface area contributed by atoms with Crippen LogP contribution in [0.2, 0.25) is 5.02 Å². The fraction of sp³-hybridized carbons (Fsp3) is 0.316. The monoisotopic (exact) mass is 344 g/mol. The van der Waals surface area contributed by atoms with Crippen molar-refractivity contribution in [2.45, 2.75) is 6.04 Å². The molecule has 5 heteroatoms. The first kappa shape index (κ1) is 17.0. The standard InChI is InChI=1S/C19H21ClN2O2/c20-17-9-5-4-8-16(17)19(23)21-14-18(15-6-2-1-3-7-15)22-10-12-24-13-11-22/h1-9,18H,10-14H2,(H,21,23). The Bertz CT molecular complexity index is 672. The summed E-state index contributed by atoms with van der Waals surface area (Å²) in [6.07, 6.45) is 0. The Morgan fingerprint density at radius 2 is 1.75 bits per heavy atom. The zero-order chi connectivity index (χ0) is 16.8. The highest BCUT2D eigenvalue weighted by Crippen LogP contribution is 2.21. The fourth-order valence-electron chi connectivity index (χ4n) is 2.95. The first-order valence-corrected chi connectivity index (χ1v) is 8.53. The quantitative estimate of drug-likeness (QED) is 0.906. The van der Waals surface area contributed by atoms with E-state index < -0.39 is 0 Å². The number of morpholine rings is 1. The van der Waals surface area contributed by atoms with Crippen LogP contribution in [0.25, 0.3) is 0 Å². The highest BCUT2D eigenvalue weighted by Gasteiger charge is 2.23. The molecule has 0 aliphatic carbocycles. The maximum Gasteiger partial charge on any atom is 0.252 e. The lowest BCUT2D eigenvalue weighted by molar-refractivity contribution is 0.0162. The van der Waals surface area contributed by atoms with E-state index in [-0.39, 0.29) is 11.9 Å². The number of benzene rings is 2. The van der Waals surface area contributed by atoms with Crippen molar-refractivity contribution in [1.29, 1.82) is 0 Å². The zero-order valence-electron chi connectivity index (χ0n) is 13.5. The van der Waals surface area contributed by atoms with Crippen molar-refractivity contribution in [1.82, 2.24) is 10.2 Å². The summed E-state index contributed by atoms with van der Waals surface area (Å²) in [6, 6.07) is 17.5. The van der Waals surface area contributed by atoms with Crippen LogP contribution in [0.4, 0.5) is 0 Å². The van der Waals surface area contributed by atoms with Gasteiger partial charge in [0.1, 0.15) is 0 Å². The second-order valence-corrected chi connectivity index (χ2v) is 6.17. The van der Waals surface area contributed by atoms with Crippen molar-refractivity contribution in [2.75, 3.05) is 32.8 Å². The third-order valence-corrected chi connectivity index (χ3v) is 4.57.